The molecule has 0 radical (unpaired) electrons. The Hall–Kier alpha value is -1.96. The second-order valence-corrected chi connectivity index (χ2v) is 5.52. The average Bonchev–Trinajstić information content (AvgIpc) is 2.27. The van der Waals surface area contributed by atoms with Crippen molar-refractivity contribution in [2.24, 2.45) is 0 Å². The summed E-state index contributed by atoms with van der Waals surface area (Å²) in [5, 5.41) is 22.8. The second-order valence-electron chi connectivity index (χ2n) is 4.04. The Morgan fingerprint density at radius 2 is 2.21 bits per heavy atom. The SMILES string of the molecule is CC(CS(C)=O)NC(=O)c1cccc([N+](=O)[O-])c1O. The molecule has 2 N–H and O–H groups in total. The number of amides is 1. The van der Waals surface area contributed by atoms with Crippen LogP contribution in [0.25, 0.3) is 0 Å². The van der Waals surface area contributed by atoms with Gasteiger partial charge in [-0.25, -0.2) is 0 Å². The number of nitro benzene ring substituents is 1. The first-order valence-corrected chi connectivity index (χ1v) is 7.13. The Morgan fingerprint density at radius 3 is 2.74 bits per heavy atom. The molecule has 0 aromatic heterocycles. The highest BCUT2D eigenvalue weighted by atomic mass is 32.2. The quantitative estimate of drug-likeness (QED) is 0.614. The minimum Gasteiger partial charge on any atom is -0.502 e. The van der Waals surface area contributed by atoms with Crippen LogP contribution < -0.4 is 5.32 Å². The summed E-state index contributed by atoms with van der Waals surface area (Å²) in [4.78, 5) is 21.7. The first-order chi connectivity index (χ1) is 8.82. The zero-order chi connectivity index (χ0) is 14.6. The number of hydrogen-bond donors (Lipinski definition) is 2. The lowest BCUT2D eigenvalue weighted by molar-refractivity contribution is -0.385. The summed E-state index contributed by atoms with van der Waals surface area (Å²) in [7, 11) is -1.07. The summed E-state index contributed by atoms with van der Waals surface area (Å²) >= 11 is 0. The van der Waals surface area contributed by atoms with Gasteiger partial charge >= 0.3 is 5.69 Å². The van der Waals surface area contributed by atoms with E-state index < -0.39 is 33.1 Å². The predicted octanol–water partition coefficient (Wildman–Crippen LogP) is 0.797. The predicted molar refractivity (Wildman–Crippen MR) is 70.6 cm³/mol. The number of phenols is 1. The molecule has 0 spiro atoms. The monoisotopic (exact) mass is 286 g/mol. The highest BCUT2D eigenvalue weighted by Crippen LogP contribution is 2.29. The van der Waals surface area contributed by atoms with E-state index in [1.807, 2.05) is 0 Å². The maximum atomic E-state index is 11.8. The topological polar surface area (TPSA) is 110 Å². The number of hydrogen-bond acceptors (Lipinski definition) is 5. The molecule has 1 rings (SSSR count). The third kappa shape index (κ3) is 4.02. The highest BCUT2D eigenvalue weighted by Gasteiger charge is 2.21. The number of nitro groups is 1. The Morgan fingerprint density at radius 1 is 1.58 bits per heavy atom. The Balaban J connectivity index is 2.92. The molecular weight excluding hydrogens is 272 g/mol. The lowest BCUT2D eigenvalue weighted by Gasteiger charge is -2.12. The van der Waals surface area contributed by atoms with E-state index in [1.54, 1.807) is 6.92 Å². The van der Waals surface area contributed by atoms with Crippen LogP contribution in [0.4, 0.5) is 5.69 Å². The van der Waals surface area contributed by atoms with Crippen molar-refractivity contribution in [1.82, 2.24) is 5.32 Å². The largest absolute Gasteiger partial charge is 0.502 e. The molecule has 2 unspecified atom stereocenters. The fourth-order valence-electron chi connectivity index (χ4n) is 1.56. The summed E-state index contributed by atoms with van der Waals surface area (Å²) in [6.07, 6.45) is 1.51. The van der Waals surface area contributed by atoms with E-state index in [4.69, 9.17) is 0 Å². The first-order valence-electron chi connectivity index (χ1n) is 5.40. The number of rotatable bonds is 5. The van der Waals surface area contributed by atoms with Gasteiger partial charge in [0.25, 0.3) is 5.91 Å². The summed E-state index contributed by atoms with van der Waals surface area (Å²) < 4.78 is 11.0. The number of benzene rings is 1. The normalized spacial score (nSPS) is 13.6. The molecule has 8 heteroatoms. The molecule has 0 heterocycles. The first kappa shape index (κ1) is 15.1. The lowest BCUT2D eigenvalue weighted by atomic mass is 10.1. The van der Waals surface area contributed by atoms with Crippen molar-refractivity contribution >= 4 is 22.4 Å². The zero-order valence-corrected chi connectivity index (χ0v) is 11.3. The third-order valence-electron chi connectivity index (χ3n) is 2.32. The van der Waals surface area contributed by atoms with Gasteiger partial charge in [-0.3, -0.25) is 19.1 Å². The van der Waals surface area contributed by atoms with E-state index >= 15 is 0 Å². The van der Waals surface area contributed by atoms with Crippen LogP contribution in [0.15, 0.2) is 18.2 Å². The minimum atomic E-state index is -1.07. The lowest BCUT2D eigenvalue weighted by Crippen LogP contribution is -2.36. The average molecular weight is 286 g/mol. The number of para-hydroxylation sites is 1. The molecule has 0 saturated carbocycles. The number of phenolic OH excluding ortho intramolecular Hbond substituents is 1. The minimum absolute atomic E-state index is 0.178. The molecule has 104 valence electrons. The van der Waals surface area contributed by atoms with Gasteiger partial charge in [-0.2, -0.15) is 0 Å². The van der Waals surface area contributed by atoms with Crippen molar-refractivity contribution in [1.29, 1.82) is 0 Å². The van der Waals surface area contributed by atoms with Gasteiger partial charge in [-0.1, -0.05) is 6.07 Å². The van der Waals surface area contributed by atoms with Crippen LogP contribution in [0.3, 0.4) is 0 Å². The second kappa shape index (κ2) is 6.28. The number of nitrogens with one attached hydrogen (secondary N) is 1. The zero-order valence-electron chi connectivity index (χ0n) is 10.5. The molecule has 0 aliphatic heterocycles. The fraction of sp³-hybridized carbons (Fsp3) is 0.364. The molecule has 7 nitrogen and oxygen atoms in total. The molecule has 19 heavy (non-hydrogen) atoms. The van der Waals surface area contributed by atoms with Gasteiger partial charge in [-0.05, 0) is 13.0 Å². The van der Waals surface area contributed by atoms with Gasteiger partial charge in [0.05, 0.1) is 10.5 Å². The summed E-state index contributed by atoms with van der Waals surface area (Å²) in [5.41, 5.74) is -0.706. The molecule has 1 aromatic rings. The van der Waals surface area contributed by atoms with E-state index in [0.717, 1.165) is 6.07 Å². The van der Waals surface area contributed by atoms with Crippen molar-refractivity contribution in [2.75, 3.05) is 12.0 Å². The van der Waals surface area contributed by atoms with Crippen LogP contribution in [0.1, 0.15) is 17.3 Å². The van der Waals surface area contributed by atoms with E-state index in [-0.39, 0.29) is 17.4 Å². The van der Waals surface area contributed by atoms with Gasteiger partial charge < -0.3 is 10.4 Å². The van der Waals surface area contributed by atoms with Gasteiger partial charge in [0.2, 0.25) is 5.75 Å². The molecular formula is C11H14N2O5S. The Bertz CT molecular complexity index is 532. The van der Waals surface area contributed by atoms with Crippen LogP contribution in [0.2, 0.25) is 0 Å². The Labute approximate surface area is 112 Å². The van der Waals surface area contributed by atoms with Crippen LogP contribution in [0.5, 0.6) is 5.75 Å². The number of carbonyl (C=O) groups excluding carboxylic acids is 1. The van der Waals surface area contributed by atoms with Gasteiger partial charge in [0, 0.05) is 34.9 Å². The molecule has 1 amide bonds. The van der Waals surface area contributed by atoms with Crippen LogP contribution >= 0.6 is 0 Å². The number of carbonyl (C=O) groups is 1. The van der Waals surface area contributed by atoms with E-state index in [2.05, 4.69) is 5.32 Å². The molecule has 0 bridgehead atoms. The molecule has 2 atom stereocenters. The van der Waals surface area contributed by atoms with Gasteiger partial charge in [0.1, 0.15) is 0 Å². The van der Waals surface area contributed by atoms with Crippen molar-refractivity contribution in [2.45, 2.75) is 13.0 Å². The van der Waals surface area contributed by atoms with Crippen molar-refractivity contribution in [3.05, 3.63) is 33.9 Å². The van der Waals surface area contributed by atoms with Crippen molar-refractivity contribution < 1.29 is 19.0 Å². The van der Waals surface area contributed by atoms with E-state index in [9.17, 15) is 24.2 Å². The summed E-state index contributed by atoms with van der Waals surface area (Å²) in [6, 6.07) is 3.34. The van der Waals surface area contributed by atoms with Gasteiger partial charge in [-0.15, -0.1) is 0 Å². The molecule has 1 aromatic carbocycles. The fourth-order valence-corrected chi connectivity index (χ4v) is 2.34. The van der Waals surface area contributed by atoms with E-state index in [1.165, 1.54) is 18.4 Å². The van der Waals surface area contributed by atoms with E-state index in [0.29, 0.717) is 0 Å². The highest BCUT2D eigenvalue weighted by molar-refractivity contribution is 7.84. The van der Waals surface area contributed by atoms with Crippen LogP contribution in [-0.4, -0.2) is 38.2 Å². The molecule has 0 saturated heterocycles. The van der Waals surface area contributed by atoms with Crippen molar-refractivity contribution in [3.63, 3.8) is 0 Å². The standard InChI is InChI=1S/C11H14N2O5S/c1-7(6-19(2)18)12-11(15)8-4-3-5-9(10(8)14)13(16)17/h3-5,7,14H,6H2,1-2H3,(H,12,15). The van der Waals surface area contributed by atoms with Crippen molar-refractivity contribution in [3.8, 4) is 5.75 Å². The third-order valence-corrected chi connectivity index (χ3v) is 3.29. The summed E-state index contributed by atoms with van der Waals surface area (Å²) in [6.45, 7) is 1.66. The maximum absolute atomic E-state index is 11.8. The van der Waals surface area contributed by atoms with Crippen LogP contribution in [-0.2, 0) is 10.8 Å². The molecule has 0 fully saturated rings. The number of aromatic hydroxyl groups is 1. The molecule has 0 aliphatic carbocycles. The Kier molecular flexibility index (Phi) is 4.99. The molecule has 0 aliphatic rings. The summed E-state index contributed by atoms with van der Waals surface area (Å²) in [5.74, 6) is -1.05. The number of nitrogens with zero attached hydrogens (tertiary/aromatic N) is 1. The van der Waals surface area contributed by atoms with Crippen LogP contribution in [0, 0.1) is 10.1 Å². The smallest absolute Gasteiger partial charge is 0.311 e. The maximum Gasteiger partial charge on any atom is 0.311 e. The van der Waals surface area contributed by atoms with Gasteiger partial charge in [0.15, 0.2) is 0 Å².